The Kier molecular flexibility index (Phi) is 4.73. The monoisotopic (exact) mass is 472 g/mol. The quantitative estimate of drug-likeness (QED) is 0.543. The first-order chi connectivity index (χ1) is 11.6. The van der Waals surface area contributed by atoms with Crippen molar-refractivity contribution in [2.45, 2.75) is 24.8 Å². The molecule has 0 radical (unpaired) electrons. The van der Waals surface area contributed by atoms with Gasteiger partial charge in [-0.1, -0.05) is 11.3 Å². The Labute approximate surface area is 156 Å². The van der Waals surface area contributed by atoms with Gasteiger partial charge in [0.05, 0.1) is 15.9 Å². The molecule has 0 amide bonds. The van der Waals surface area contributed by atoms with Gasteiger partial charge in [0.2, 0.25) is 5.13 Å². The number of aromatic nitrogens is 4. The highest BCUT2D eigenvalue weighted by Gasteiger charge is 2.23. The van der Waals surface area contributed by atoms with Crippen LogP contribution in [0.15, 0.2) is 26.3 Å². The number of aryl methyl sites for hydroxylation is 1. The molecular formula is C12H8BrClF2N4O3S2. The largest absolute Gasteiger partial charge is 0.335 e. The fourth-order valence-electron chi connectivity index (χ4n) is 2.34. The molecule has 0 aliphatic carbocycles. The molecule has 0 fully saturated rings. The van der Waals surface area contributed by atoms with Gasteiger partial charge in [0.15, 0.2) is 5.01 Å². The van der Waals surface area contributed by atoms with Crippen molar-refractivity contribution in [2.24, 2.45) is 0 Å². The van der Waals surface area contributed by atoms with Crippen molar-refractivity contribution in [1.82, 2.24) is 19.3 Å². The predicted octanol–water partition coefficient (Wildman–Crippen LogP) is 3.29. The van der Waals surface area contributed by atoms with Gasteiger partial charge in [-0.05, 0) is 35.0 Å². The summed E-state index contributed by atoms with van der Waals surface area (Å²) in [6.07, 6.45) is -2.83. The van der Waals surface area contributed by atoms with Crippen LogP contribution in [-0.2, 0) is 15.6 Å². The van der Waals surface area contributed by atoms with Crippen molar-refractivity contribution in [3.05, 3.63) is 32.1 Å². The fraction of sp³-hybridized carbons (Fsp3) is 0.250. The molecule has 3 aromatic rings. The first-order valence-corrected chi connectivity index (χ1v) is 10.6. The molecule has 0 N–H and O–H groups in total. The van der Waals surface area contributed by atoms with Gasteiger partial charge in [-0.3, -0.25) is 4.57 Å². The minimum absolute atomic E-state index is 0.0893. The number of imidazole rings is 1. The van der Waals surface area contributed by atoms with Gasteiger partial charge in [0.1, 0.15) is 0 Å². The molecule has 134 valence electrons. The number of hydrogen-bond acceptors (Lipinski definition) is 6. The maximum absolute atomic E-state index is 12.8. The van der Waals surface area contributed by atoms with E-state index in [0.717, 1.165) is 4.57 Å². The number of fused-ring (bicyclic) bond motifs is 1. The molecule has 7 nitrogen and oxygen atoms in total. The average Bonchev–Trinajstić information content (AvgIpc) is 3.08. The number of hydrogen-bond donors (Lipinski definition) is 0. The van der Waals surface area contributed by atoms with E-state index in [9.17, 15) is 22.0 Å². The first kappa shape index (κ1) is 18.4. The molecule has 0 spiro atoms. The molecule has 3 rings (SSSR count). The second-order valence-corrected chi connectivity index (χ2v) is 9.20. The molecule has 2 heterocycles. The van der Waals surface area contributed by atoms with Gasteiger partial charge < -0.3 is 0 Å². The van der Waals surface area contributed by atoms with E-state index in [1.165, 1.54) is 16.7 Å². The summed E-state index contributed by atoms with van der Waals surface area (Å²) in [5, 5.41) is 6.36. The summed E-state index contributed by atoms with van der Waals surface area (Å²) in [6, 6.07) is 2.46. The minimum atomic E-state index is -4.07. The van der Waals surface area contributed by atoms with Crippen LogP contribution < -0.4 is 5.69 Å². The predicted molar refractivity (Wildman–Crippen MR) is 92.4 cm³/mol. The maximum atomic E-state index is 12.8. The van der Waals surface area contributed by atoms with Gasteiger partial charge in [0.25, 0.3) is 15.5 Å². The molecule has 0 atom stereocenters. The maximum Gasteiger partial charge on any atom is 0.335 e. The van der Waals surface area contributed by atoms with E-state index in [2.05, 4.69) is 26.1 Å². The van der Waals surface area contributed by atoms with Gasteiger partial charge >= 0.3 is 5.69 Å². The summed E-state index contributed by atoms with van der Waals surface area (Å²) in [6.45, 7) is 1.99. The molecule has 0 bridgehead atoms. The summed E-state index contributed by atoms with van der Waals surface area (Å²) in [5.74, 6) is 0. The lowest BCUT2D eigenvalue weighted by Crippen LogP contribution is -2.22. The van der Waals surface area contributed by atoms with E-state index < -0.39 is 26.2 Å². The molecule has 25 heavy (non-hydrogen) atoms. The van der Waals surface area contributed by atoms with Crippen LogP contribution in [0.4, 0.5) is 8.78 Å². The van der Waals surface area contributed by atoms with Crippen molar-refractivity contribution >= 4 is 58.0 Å². The summed E-state index contributed by atoms with van der Waals surface area (Å²) in [4.78, 5) is 12.4. The summed E-state index contributed by atoms with van der Waals surface area (Å²) < 4.78 is 51.6. The van der Waals surface area contributed by atoms with Crippen LogP contribution in [0.2, 0.25) is 0 Å². The molecule has 1 aromatic carbocycles. The normalized spacial score (nSPS) is 12.4. The van der Waals surface area contributed by atoms with Crippen molar-refractivity contribution in [3.8, 4) is 5.13 Å². The molecule has 0 saturated carbocycles. The average molecular weight is 474 g/mol. The number of benzene rings is 1. The molecule has 0 aliphatic rings. The summed E-state index contributed by atoms with van der Waals surface area (Å²) >= 11 is 3.78. The molecule has 2 aromatic heterocycles. The van der Waals surface area contributed by atoms with Crippen molar-refractivity contribution in [3.63, 3.8) is 0 Å². The lowest BCUT2D eigenvalue weighted by atomic mass is 10.3. The fourth-order valence-corrected chi connectivity index (χ4v) is 4.64. The molecular weight excluding hydrogens is 466 g/mol. The van der Waals surface area contributed by atoms with Crippen molar-refractivity contribution < 1.29 is 17.2 Å². The summed E-state index contributed by atoms with van der Waals surface area (Å²) in [7, 11) is 1.32. The topological polar surface area (TPSA) is 86.8 Å². The van der Waals surface area contributed by atoms with Crippen LogP contribution in [0.25, 0.3) is 16.2 Å². The van der Waals surface area contributed by atoms with Gasteiger partial charge in [-0.25, -0.2) is 26.6 Å². The second kappa shape index (κ2) is 6.41. The van der Waals surface area contributed by atoms with E-state index in [0.29, 0.717) is 21.3 Å². The third-order valence-corrected chi connectivity index (χ3v) is 6.21. The highest BCUT2D eigenvalue weighted by Crippen LogP contribution is 2.32. The molecule has 0 unspecified atom stereocenters. The third kappa shape index (κ3) is 3.11. The smallest absolute Gasteiger partial charge is 0.291 e. The Hall–Kier alpha value is -1.37. The van der Waals surface area contributed by atoms with E-state index in [1.54, 1.807) is 6.92 Å². The van der Waals surface area contributed by atoms with Crippen LogP contribution in [0, 0.1) is 0 Å². The SMILES string of the molecule is CCn1c(=O)n(-c2nnc(C(F)F)s2)c2cc(S(=O)(=O)Cl)cc(Br)c21. The number of nitrogens with zero attached hydrogens (tertiary/aromatic N) is 4. The van der Waals surface area contributed by atoms with Crippen LogP contribution in [-0.4, -0.2) is 27.7 Å². The molecule has 0 aliphatic heterocycles. The van der Waals surface area contributed by atoms with E-state index in [1.807, 2.05) is 0 Å². The van der Waals surface area contributed by atoms with Gasteiger partial charge in [0, 0.05) is 21.7 Å². The second-order valence-electron chi connectivity index (χ2n) is 4.80. The zero-order valence-electron chi connectivity index (χ0n) is 12.3. The Balaban J connectivity index is 2.43. The lowest BCUT2D eigenvalue weighted by Gasteiger charge is -2.03. The third-order valence-electron chi connectivity index (χ3n) is 3.36. The number of halogens is 4. The van der Waals surface area contributed by atoms with Crippen LogP contribution in [0.1, 0.15) is 18.4 Å². The lowest BCUT2D eigenvalue weighted by molar-refractivity contribution is 0.150. The Morgan fingerprint density at radius 1 is 1.36 bits per heavy atom. The van der Waals surface area contributed by atoms with Crippen LogP contribution in [0.3, 0.4) is 0 Å². The van der Waals surface area contributed by atoms with E-state index >= 15 is 0 Å². The Bertz CT molecular complexity index is 1140. The van der Waals surface area contributed by atoms with E-state index in [4.69, 9.17) is 10.7 Å². The number of alkyl halides is 2. The van der Waals surface area contributed by atoms with Crippen molar-refractivity contribution in [1.29, 1.82) is 0 Å². The highest BCUT2D eigenvalue weighted by molar-refractivity contribution is 9.10. The number of rotatable bonds is 4. The molecule has 0 saturated heterocycles. The Morgan fingerprint density at radius 3 is 2.56 bits per heavy atom. The zero-order chi connectivity index (χ0) is 18.5. The summed E-state index contributed by atoms with van der Waals surface area (Å²) in [5.41, 5.74) is 0.00191. The standard InChI is InChI=1S/C12H8BrClF2N4O3S2/c1-2-19-8-6(13)3-5(25(14,22)23)4-7(8)20(12(19)21)11-18-17-10(24-11)9(15)16/h3-4,9H,2H2,1H3. The Morgan fingerprint density at radius 2 is 2.04 bits per heavy atom. The van der Waals surface area contributed by atoms with Gasteiger partial charge in [-0.2, -0.15) is 0 Å². The van der Waals surface area contributed by atoms with Crippen LogP contribution in [0.5, 0.6) is 0 Å². The van der Waals surface area contributed by atoms with E-state index in [-0.39, 0.29) is 22.1 Å². The van der Waals surface area contributed by atoms with Crippen LogP contribution >= 0.6 is 37.9 Å². The first-order valence-electron chi connectivity index (χ1n) is 6.66. The van der Waals surface area contributed by atoms with Gasteiger partial charge in [-0.15, -0.1) is 10.2 Å². The van der Waals surface area contributed by atoms with Crippen molar-refractivity contribution in [2.75, 3.05) is 0 Å². The zero-order valence-corrected chi connectivity index (χ0v) is 16.3. The molecule has 13 heteroatoms. The minimum Gasteiger partial charge on any atom is -0.291 e. The highest BCUT2D eigenvalue weighted by atomic mass is 79.9.